The minimum absolute atomic E-state index is 0.740. The van der Waals surface area contributed by atoms with E-state index in [0.29, 0.717) is 0 Å². The zero-order valence-corrected chi connectivity index (χ0v) is 14.8. The van der Waals surface area contributed by atoms with Gasteiger partial charge in [-0.25, -0.2) is 0 Å². The zero-order valence-electron chi connectivity index (χ0n) is 14.0. The van der Waals surface area contributed by atoms with Crippen LogP contribution in [0.1, 0.15) is 47.0 Å². The first-order valence-corrected chi connectivity index (χ1v) is 9.25. The Bertz CT molecular complexity index is 179. The molecule has 0 bridgehead atoms. The largest absolute Gasteiger partial charge is 0.380 e. The predicted octanol–water partition coefficient (Wildman–Crippen LogP) is 3.67. The monoisotopic (exact) mass is 305 g/mol. The molecule has 0 N–H and O–H groups in total. The van der Waals surface area contributed by atoms with Gasteiger partial charge in [0.2, 0.25) is 0 Å². The van der Waals surface area contributed by atoms with Crippen molar-refractivity contribution in [3.63, 3.8) is 0 Å². The molecule has 0 amide bonds. The molecular formula is C16H35NO2S. The first-order valence-electron chi connectivity index (χ1n) is 8.20. The summed E-state index contributed by atoms with van der Waals surface area (Å²) in [7, 11) is 0. The average Bonchev–Trinajstić information content (AvgIpc) is 2.43. The van der Waals surface area contributed by atoms with Crippen molar-refractivity contribution in [1.29, 1.82) is 0 Å². The van der Waals surface area contributed by atoms with Gasteiger partial charge in [0.1, 0.15) is 0 Å². The van der Waals surface area contributed by atoms with E-state index in [1.165, 1.54) is 12.2 Å². The van der Waals surface area contributed by atoms with Crippen molar-refractivity contribution in [2.75, 3.05) is 51.8 Å². The van der Waals surface area contributed by atoms with E-state index in [1.54, 1.807) is 0 Å². The molecule has 0 spiro atoms. The lowest BCUT2D eigenvalue weighted by Crippen LogP contribution is -2.32. The van der Waals surface area contributed by atoms with Gasteiger partial charge in [0, 0.05) is 26.3 Å². The van der Waals surface area contributed by atoms with Crippen LogP contribution in [0.2, 0.25) is 0 Å². The molecule has 0 aliphatic carbocycles. The number of thioether (sulfide) groups is 1. The Labute approximate surface area is 130 Å². The fourth-order valence-electron chi connectivity index (χ4n) is 1.82. The maximum atomic E-state index is 5.60. The van der Waals surface area contributed by atoms with E-state index >= 15 is 0 Å². The predicted molar refractivity (Wildman–Crippen MR) is 90.9 cm³/mol. The van der Waals surface area contributed by atoms with Gasteiger partial charge >= 0.3 is 0 Å². The summed E-state index contributed by atoms with van der Waals surface area (Å²) in [6.07, 6.45) is 3.46. The Morgan fingerprint density at radius 1 is 0.850 bits per heavy atom. The van der Waals surface area contributed by atoms with E-state index in [9.17, 15) is 0 Å². The van der Waals surface area contributed by atoms with Gasteiger partial charge in [0.05, 0.1) is 13.2 Å². The molecule has 0 heterocycles. The molecule has 0 saturated carbocycles. The molecule has 3 nitrogen and oxygen atoms in total. The Hall–Kier alpha value is 0.230. The van der Waals surface area contributed by atoms with E-state index in [1.807, 2.05) is 11.8 Å². The lowest BCUT2D eigenvalue weighted by molar-refractivity contribution is 0.0750. The topological polar surface area (TPSA) is 21.7 Å². The molecule has 0 aliphatic heterocycles. The molecule has 0 fully saturated rings. The van der Waals surface area contributed by atoms with Crippen LogP contribution in [0.3, 0.4) is 0 Å². The van der Waals surface area contributed by atoms with Crippen LogP contribution in [0, 0.1) is 0 Å². The summed E-state index contributed by atoms with van der Waals surface area (Å²) in [5, 5.41) is 0.740. The van der Waals surface area contributed by atoms with Gasteiger partial charge in [-0.05, 0) is 36.8 Å². The van der Waals surface area contributed by atoms with Gasteiger partial charge < -0.3 is 9.47 Å². The quantitative estimate of drug-likeness (QED) is 0.430. The van der Waals surface area contributed by atoms with Crippen LogP contribution >= 0.6 is 11.8 Å². The van der Waals surface area contributed by atoms with Gasteiger partial charge in [0.25, 0.3) is 0 Å². The molecule has 0 rings (SSSR count). The summed E-state index contributed by atoms with van der Waals surface area (Å²) in [6, 6.07) is 0. The number of rotatable bonds is 15. The molecular weight excluding hydrogens is 270 g/mol. The van der Waals surface area contributed by atoms with Gasteiger partial charge in [-0.15, -0.1) is 0 Å². The maximum Gasteiger partial charge on any atom is 0.0593 e. The Morgan fingerprint density at radius 2 is 1.40 bits per heavy atom. The molecule has 0 aromatic heterocycles. The van der Waals surface area contributed by atoms with Gasteiger partial charge in [0.15, 0.2) is 0 Å². The van der Waals surface area contributed by atoms with Crippen molar-refractivity contribution in [2.45, 2.75) is 52.2 Å². The molecule has 0 atom stereocenters. The van der Waals surface area contributed by atoms with Crippen LogP contribution in [-0.2, 0) is 9.47 Å². The highest BCUT2D eigenvalue weighted by Gasteiger charge is 2.05. The fraction of sp³-hybridized carbons (Fsp3) is 1.00. The first kappa shape index (κ1) is 20.2. The highest BCUT2D eigenvalue weighted by atomic mass is 32.2. The summed E-state index contributed by atoms with van der Waals surface area (Å²) in [5.41, 5.74) is 0. The van der Waals surface area contributed by atoms with E-state index in [4.69, 9.17) is 9.47 Å². The van der Waals surface area contributed by atoms with Crippen LogP contribution in [0.25, 0.3) is 0 Å². The summed E-state index contributed by atoms with van der Waals surface area (Å²) >= 11 is 2.05. The van der Waals surface area contributed by atoms with Crippen LogP contribution in [0.4, 0.5) is 0 Å². The third-order valence-electron chi connectivity index (χ3n) is 2.87. The van der Waals surface area contributed by atoms with Crippen LogP contribution in [-0.4, -0.2) is 62.0 Å². The Kier molecular flexibility index (Phi) is 15.8. The number of nitrogens with zero attached hydrogens (tertiary/aromatic N) is 1. The number of ether oxygens (including phenoxy) is 2. The van der Waals surface area contributed by atoms with Crippen molar-refractivity contribution in [3.05, 3.63) is 0 Å². The lowest BCUT2D eigenvalue weighted by Gasteiger charge is -2.22. The number of hydrogen-bond acceptors (Lipinski definition) is 4. The molecule has 0 saturated heterocycles. The summed E-state index contributed by atoms with van der Waals surface area (Å²) in [4.78, 5) is 2.48. The molecule has 0 unspecified atom stereocenters. The Balaban J connectivity index is 3.73. The van der Waals surface area contributed by atoms with Gasteiger partial charge in [-0.1, -0.05) is 27.7 Å². The minimum Gasteiger partial charge on any atom is -0.380 e. The van der Waals surface area contributed by atoms with Crippen molar-refractivity contribution >= 4 is 11.8 Å². The molecule has 0 aliphatic rings. The second kappa shape index (κ2) is 15.6. The summed E-state index contributed by atoms with van der Waals surface area (Å²) in [5.74, 6) is 1.25. The van der Waals surface area contributed by atoms with Crippen molar-refractivity contribution in [1.82, 2.24) is 4.90 Å². The second-order valence-electron chi connectivity index (χ2n) is 5.34. The average molecular weight is 306 g/mol. The first-order chi connectivity index (χ1) is 9.70. The van der Waals surface area contributed by atoms with E-state index in [2.05, 4.69) is 32.6 Å². The Morgan fingerprint density at radius 3 is 1.85 bits per heavy atom. The smallest absolute Gasteiger partial charge is 0.0593 e. The maximum absolute atomic E-state index is 5.60. The highest BCUT2D eigenvalue weighted by molar-refractivity contribution is 7.99. The molecule has 0 radical (unpaired) electrons. The second-order valence-corrected chi connectivity index (χ2v) is 7.02. The van der Waals surface area contributed by atoms with Crippen LogP contribution < -0.4 is 0 Å². The molecule has 4 heteroatoms. The van der Waals surface area contributed by atoms with Crippen LogP contribution in [0.5, 0.6) is 0 Å². The molecule has 0 aromatic carbocycles. The lowest BCUT2D eigenvalue weighted by atomic mass is 10.4. The zero-order chi connectivity index (χ0) is 15.1. The molecule has 122 valence electrons. The summed E-state index contributed by atoms with van der Waals surface area (Å²) in [6.45, 7) is 15.5. The van der Waals surface area contributed by atoms with Crippen LogP contribution in [0.15, 0.2) is 0 Å². The van der Waals surface area contributed by atoms with Gasteiger partial charge in [-0.3, -0.25) is 4.90 Å². The standard InChI is InChI=1S/C16H35NO2S/c1-5-11-18-13-9-17(10-14-19-12-6-2)8-7-15-20-16(3)4/h16H,5-15H2,1-4H3. The number of hydrogen-bond donors (Lipinski definition) is 0. The van der Waals surface area contributed by atoms with Crippen molar-refractivity contribution in [2.24, 2.45) is 0 Å². The van der Waals surface area contributed by atoms with E-state index in [-0.39, 0.29) is 0 Å². The fourth-order valence-corrected chi connectivity index (χ4v) is 2.59. The van der Waals surface area contributed by atoms with Crippen molar-refractivity contribution < 1.29 is 9.47 Å². The van der Waals surface area contributed by atoms with E-state index in [0.717, 1.165) is 64.2 Å². The van der Waals surface area contributed by atoms with Gasteiger partial charge in [-0.2, -0.15) is 11.8 Å². The molecule has 0 aromatic rings. The highest BCUT2D eigenvalue weighted by Crippen LogP contribution is 2.10. The third kappa shape index (κ3) is 14.6. The summed E-state index contributed by atoms with van der Waals surface area (Å²) < 4.78 is 11.2. The SMILES string of the molecule is CCCOCCN(CCCSC(C)C)CCOCCC. The van der Waals surface area contributed by atoms with Crippen molar-refractivity contribution in [3.8, 4) is 0 Å². The molecule has 20 heavy (non-hydrogen) atoms. The third-order valence-corrected chi connectivity index (χ3v) is 4.06. The minimum atomic E-state index is 0.740. The normalized spacial score (nSPS) is 11.7. The van der Waals surface area contributed by atoms with E-state index < -0.39 is 0 Å².